The van der Waals surface area contributed by atoms with Gasteiger partial charge >= 0.3 is 0 Å². The molecule has 0 aliphatic carbocycles. The third kappa shape index (κ3) is 3.31. The molecule has 0 saturated heterocycles. The monoisotopic (exact) mass is 426 g/mol. The van der Waals surface area contributed by atoms with Crippen LogP contribution >= 0.6 is 0 Å². The standard InChI is InChI=1S/C24H18N4O4/c29-20(27-15-9-10-19-18(12-15)22(30)26-13-25-19)8-3-11-28-23(31)16-6-1-4-14-5-2-7-17(21(14)16)24(28)32/h1-2,4-7,9-10,12-13H,3,8,11H2,(H,27,29)(H,25,26,30). The van der Waals surface area contributed by atoms with Crippen molar-refractivity contribution >= 4 is 45.1 Å². The molecule has 0 spiro atoms. The van der Waals surface area contributed by atoms with E-state index in [2.05, 4.69) is 15.3 Å². The fourth-order valence-electron chi connectivity index (χ4n) is 4.05. The van der Waals surface area contributed by atoms with Crippen molar-refractivity contribution < 1.29 is 14.4 Å². The zero-order chi connectivity index (χ0) is 22.2. The summed E-state index contributed by atoms with van der Waals surface area (Å²) in [6, 6.07) is 15.7. The molecule has 158 valence electrons. The van der Waals surface area contributed by atoms with Gasteiger partial charge in [0.1, 0.15) is 0 Å². The number of imide groups is 1. The molecule has 0 saturated carbocycles. The van der Waals surface area contributed by atoms with Crippen LogP contribution in [0.3, 0.4) is 0 Å². The molecule has 3 amide bonds. The molecule has 0 radical (unpaired) electrons. The Balaban J connectivity index is 1.26. The van der Waals surface area contributed by atoms with E-state index in [1.165, 1.54) is 11.2 Å². The van der Waals surface area contributed by atoms with Gasteiger partial charge in [-0.2, -0.15) is 0 Å². The van der Waals surface area contributed by atoms with Crippen molar-refractivity contribution in [1.29, 1.82) is 0 Å². The van der Waals surface area contributed by atoms with Crippen LogP contribution in [0, 0.1) is 0 Å². The summed E-state index contributed by atoms with van der Waals surface area (Å²) in [6.07, 6.45) is 1.76. The lowest BCUT2D eigenvalue weighted by Crippen LogP contribution is -2.41. The minimum Gasteiger partial charge on any atom is -0.326 e. The van der Waals surface area contributed by atoms with Gasteiger partial charge in [0.15, 0.2) is 0 Å². The fourth-order valence-corrected chi connectivity index (χ4v) is 4.05. The third-order valence-electron chi connectivity index (χ3n) is 5.57. The van der Waals surface area contributed by atoms with Crippen molar-refractivity contribution in [3.05, 3.63) is 82.4 Å². The number of fused-ring (bicyclic) bond motifs is 1. The van der Waals surface area contributed by atoms with Crippen LogP contribution in [0.2, 0.25) is 0 Å². The molecule has 1 aliphatic rings. The topological polar surface area (TPSA) is 112 Å². The Kier molecular flexibility index (Phi) is 4.74. The summed E-state index contributed by atoms with van der Waals surface area (Å²) in [5, 5.41) is 4.66. The summed E-state index contributed by atoms with van der Waals surface area (Å²) < 4.78 is 0. The van der Waals surface area contributed by atoms with Crippen LogP contribution in [0.5, 0.6) is 0 Å². The zero-order valence-electron chi connectivity index (χ0n) is 16.9. The van der Waals surface area contributed by atoms with E-state index in [0.29, 0.717) is 39.5 Å². The van der Waals surface area contributed by atoms with E-state index >= 15 is 0 Å². The van der Waals surface area contributed by atoms with E-state index in [0.717, 1.165) is 5.39 Å². The van der Waals surface area contributed by atoms with Gasteiger partial charge in [0.25, 0.3) is 17.4 Å². The molecule has 2 N–H and O–H groups in total. The smallest absolute Gasteiger partial charge is 0.261 e. The maximum atomic E-state index is 12.9. The molecule has 32 heavy (non-hydrogen) atoms. The largest absolute Gasteiger partial charge is 0.326 e. The first-order valence-corrected chi connectivity index (χ1v) is 10.2. The Morgan fingerprint density at radius 3 is 2.41 bits per heavy atom. The summed E-state index contributed by atoms with van der Waals surface area (Å²) in [4.78, 5) is 57.9. The van der Waals surface area contributed by atoms with Crippen molar-refractivity contribution in [1.82, 2.24) is 14.9 Å². The van der Waals surface area contributed by atoms with Crippen LogP contribution in [0.4, 0.5) is 5.69 Å². The second kappa shape index (κ2) is 7.73. The van der Waals surface area contributed by atoms with E-state index in [-0.39, 0.29) is 36.2 Å². The Hall–Kier alpha value is -4.33. The Labute approximate surface area is 181 Å². The number of carbonyl (C=O) groups excluding carboxylic acids is 3. The van der Waals surface area contributed by atoms with Gasteiger partial charge in [-0.1, -0.05) is 24.3 Å². The van der Waals surface area contributed by atoms with Crippen LogP contribution in [0.15, 0.2) is 65.7 Å². The average Bonchev–Trinajstić information content (AvgIpc) is 2.80. The molecule has 8 nitrogen and oxygen atoms in total. The summed E-state index contributed by atoms with van der Waals surface area (Å²) in [5.74, 6) is -0.967. The van der Waals surface area contributed by atoms with Gasteiger partial charge in [-0.25, -0.2) is 4.98 Å². The van der Waals surface area contributed by atoms with Crippen LogP contribution in [-0.2, 0) is 4.79 Å². The maximum absolute atomic E-state index is 12.9. The highest BCUT2D eigenvalue weighted by molar-refractivity contribution is 6.25. The lowest BCUT2D eigenvalue weighted by atomic mass is 9.94. The summed E-state index contributed by atoms with van der Waals surface area (Å²) in [6.45, 7) is 0.136. The predicted molar refractivity (Wildman–Crippen MR) is 120 cm³/mol. The van der Waals surface area contributed by atoms with Gasteiger partial charge in [-0.05, 0) is 42.1 Å². The van der Waals surface area contributed by atoms with Crippen LogP contribution in [0.1, 0.15) is 33.6 Å². The van der Waals surface area contributed by atoms with E-state index in [4.69, 9.17) is 0 Å². The number of carbonyl (C=O) groups is 3. The van der Waals surface area contributed by atoms with E-state index < -0.39 is 0 Å². The average molecular weight is 426 g/mol. The van der Waals surface area contributed by atoms with Crippen molar-refractivity contribution in [2.45, 2.75) is 12.8 Å². The molecule has 8 heteroatoms. The number of amides is 3. The third-order valence-corrected chi connectivity index (χ3v) is 5.57. The number of nitrogens with zero attached hydrogens (tertiary/aromatic N) is 2. The normalized spacial score (nSPS) is 13.1. The number of rotatable bonds is 5. The molecule has 4 aromatic rings. The highest BCUT2D eigenvalue weighted by Crippen LogP contribution is 2.30. The van der Waals surface area contributed by atoms with Crippen molar-refractivity contribution in [2.24, 2.45) is 0 Å². The van der Waals surface area contributed by atoms with Gasteiger partial charge in [0.2, 0.25) is 5.91 Å². The number of hydrogen-bond donors (Lipinski definition) is 2. The predicted octanol–water partition coefficient (Wildman–Crippen LogP) is 3.09. The lowest BCUT2D eigenvalue weighted by Gasteiger charge is -2.27. The molecule has 0 bridgehead atoms. The molecule has 0 unspecified atom stereocenters. The number of hydrogen-bond acceptors (Lipinski definition) is 5. The van der Waals surface area contributed by atoms with E-state index in [1.807, 2.05) is 12.1 Å². The Morgan fingerprint density at radius 1 is 0.969 bits per heavy atom. The summed E-state index contributed by atoms with van der Waals surface area (Å²) in [5.41, 5.74) is 1.72. The Bertz CT molecular complexity index is 1420. The number of aromatic amines is 1. The minimum absolute atomic E-state index is 0.115. The number of H-pyrrole nitrogens is 1. The van der Waals surface area contributed by atoms with E-state index in [1.54, 1.807) is 42.5 Å². The van der Waals surface area contributed by atoms with Gasteiger partial charge in [-0.3, -0.25) is 24.1 Å². The summed E-state index contributed by atoms with van der Waals surface area (Å²) >= 11 is 0. The lowest BCUT2D eigenvalue weighted by molar-refractivity contribution is -0.116. The molecule has 3 aromatic carbocycles. The van der Waals surface area contributed by atoms with Crippen molar-refractivity contribution in [3.63, 3.8) is 0 Å². The quantitative estimate of drug-likeness (QED) is 0.476. The van der Waals surface area contributed by atoms with Gasteiger partial charge in [-0.15, -0.1) is 0 Å². The SMILES string of the molecule is O=C(CCCN1C(=O)c2cccc3cccc(c23)C1=O)Nc1ccc2nc[nH]c(=O)c2c1. The first-order valence-electron chi connectivity index (χ1n) is 10.2. The highest BCUT2D eigenvalue weighted by Gasteiger charge is 2.32. The van der Waals surface area contributed by atoms with Gasteiger partial charge in [0.05, 0.1) is 17.2 Å². The molecule has 0 fully saturated rings. The highest BCUT2D eigenvalue weighted by atomic mass is 16.2. The number of aromatic nitrogens is 2. The Morgan fingerprint density at radius 2 is 1.69 bits per heavy atom. The summed E-state index contributed by atoms with van der Waals surface area (Å²) in [7, 11) is 0. The van der Waals surface area contributed by atoms with Gasteiger partial charge in [0, 0.05) is 35.2 Å². The second-order valence-corrected chi connectivity index (χ2v) is 7.59. The maximum Gasteiger partial charge on any atom is 0.261 e. The first-order chi connectivity index (χ1) is 15.5. The minimum atomic E-state index is -0.346. The fraction of sp³-hybridized carbons (Fsp3) is 0.125. The zero-order valence-corrected chi connectivity index (χ0v) is 16.9. The van der Waals surface area contributed by atoms with Gasteiger partial charge < -0.3 is 10.3 Å². The molecular formula is C24H18N4O4. The molecule has 1 aromatic heterocycles. The second-order valence-electron chi connectivity index (χ2n) is 7.59. The molecule has 1 aliphatic heterocycles. The first kappa shape index (κ1) is 19.6. The van der Waals surface area contributed by atoms with Crippen molar-refractivity contribution in [3.8, 4) is 0 Å². The molecule has 0 atom stereocenters. The number of benzene rings is 3. The van der Waals surface area contributed by atoms with E-state index in [9.17, 15) is 19.2 Å². The molecular weight excluding hydrogens is 408 g/mol. The van der Waals surface area contributed by atoms with Crippen molar-refractivity contribution in [2.75, 3.05) is 11.9 Å². The van der Waals surface area contributed by atoms with Crippen LogP contribution in [-0.4, -0.2) is 39.1 Å². The van der Waals surface area contributed by atoms with Crippen LogP contribution in [0.25, 0.3) is 21.7 Å². The number of nitrogens with one attached hydrogen (secondary N) is 2. The van der Waals surface area contributed by atoms with Crippen LogP contribution < -0.4 is 10.9 Å². The number of anilines is 1. The molecule has 5 rings (SSSR count). The molecule has 2 heterocycles.